The van der Waals surface area contributed by atoms with E-state index in [4.69, 9.17) is 0 Å². The van der Waals surface area contributed by atoms with Gasteiger partial charge in [-0.3, -0.25) is 9.97 Å². The number of rotatable bonds is 5. The molecule has 3 heteroatoms. The number of para-hydroxylation sites is 1. The Morgan fingerprint density at radius 1 is 1.24 bits per heavy atom. The van der Waals surface area contributed by atoms with Gasteiger partial charge in [-0.05, 0) is 25.1 Å². The lowest BCUT2D eigenvalue weighted by molar-refractivity contribution is 0.525. The molecule has 1 aromatic heterocycles. The van der Waals surface area contributed by atoms with Gasteiger partial charge in [0, 0.05) is 18.4 Å². The van der Waals surface area contributed by atoms with Crippen molar-refractivity contribution in [2.24, 2.45) is 0 Å². The summed E-state index contributed by atoms with van der Waals surface area (Å²) >= 11 is 0. The minimum atomic E-state index is 0.371. The van der Waals surface area contributed by atoms with Crippen LogP contribution in [0.2, 0.25) is 0 Å². The van der Waals surface area contributed by atoms with Crippen molar-refractivity contribution in [3.8, 4) is 0 Å². The van der Waals surface area contributed by atoms with Crippen molar-refractivity contribution in [1.29, 1.82) is 0 Å². The lowest BCUT2D eigenvalue weighted by Crippen LogP contribution is -2.16. The minimum absolute atomic E-state index is 0.371. The van der Waals surface area contributed by atoms with E-state index in [1.165, 1.54) is 18.4 Å². The fraction of sp³-hybridized carbons (Fsp3) is 0.429. The average molecular weight is 229 g/mol. The Balaban J connectivity index is 2.38. The summed E-state index contributed by atoms with van der Waals surface area (Å²) in [6.07, 6.45) is 7.09. The summed E-state index contributed by atoms with van der Waals surface area (Å²) < 4.78 is 0. The second-order valence-electron chi connectivity index (χ2n) is 4.25. The van der Waals surface area contributed by atoms with Crippen molar-refractivity contribution in [3.63, 3.8) is 0 Å². The van der Waals surface area contributed by atoms with Crippen molar-refractivity contribution < 1.29 is 0 Å². The number of fused-ring (bicyclic) bond motifs is 1. The summed E-state index contributed by atoms with van der Waals surface area (Å²) in [6, 6.07) is 6.59. The van der Waals surface area contributed by atoms with E-state index in [9.17, 15) is 0 Å². The third-order valence-corrected chi connectivity index (χ3v) is 3.10. The van der Waals surface area contributed by atoms with Gasteiger partial charge in [-0.15, -0.1) is 0 Å². The van der Waals surface area contributed by atoms with E-state index in [0.717, 1.165) is 17.5 Å². The molecule has 0 spiro atoms. The second-order valence-corrected chi connectivity index (χ2v) is 4.25. The first kappa shape index (κ1) is 12.0. The Hall–Kier alpha value is -1.48. The number of nitrogens with one attached hydrogen (secondary N) is 1. The third-order valence-electron chi connectivity index (χ3n) is 3.10. The quantitative estimate of drug-likeness (QED) is 0.856. The highest BCUT2D eigenvalue weighted by Gasteiger charge is 2.12. The molecular weight excluding hydrogens is 210 g/mol. The van der Waals surface area contributed by atoms with Gasteiger partial charge in [0.2, 0.25) is 0 Å². The fourth-order valence-corrected chi connectivity index (χ4v) is 2.16. The molecule has 0 bridgehead atoms. The standard InChI is InChI=1S/C14H19N3/c1-3-4-7-12(15-2)11-6-5-8-13-14(11)17-10-9-16-13/h5-6,8-10,12,15H,3-4,7H2,1-2H3. The van der Waals surface area contributed by atoms with Gasteiger partial charge in [0.05, 0.1) is 11.0 Å². The molecule has 2 rings (SSSR count). The van der Waals surface area contributed by atoms with Gasteiger partial charge in [0.15, 0.2) is 0 Å². The zero-order valence-corrected chi connectivity index (χ0v) is 10.5. The number of benzene rings is 1. The molecule has 17 heavy (non-hydrogen) atoms. The van der Waals surface area contributed by atoms with E-state index in [2.05, 4.69) is 34.3 Å². The van der Waals surface area contributed by atoms with Gasteiger partial charge >= 0.3 is 0 Å². The third kappa shape index (κ3) is 2.61. The summed E-state index contributed by atoms with van der Waals surface area (Å²) in [5.41, 5.74) is 3.25. The first-order chi connectivity index (χ1) is 8.36. The molecule has 0 saturated carbocycles. The summed E-state index contributed by atoms with van der Waals surface area (Å²) in [4.78, 5) is 8.80. The van der Waals surface area contributed by atoms with Crippen LogP contribution < -0.4 is 5.32 Å². The Morgan fingerprint density at radius 2 is 2.06 bits per heavy atom. The highest BCUT2D eigenvalue weighted by molar-refractivity contribution is 5.78. The average Bonchev–Trinajstić information content (AvgIpc) is 2.40. The van der Waals surface area contributed by atoms with Crippen molar-refractivity contribution >= 4 is 11.0 Å². The minimum Gasteiger partial charge on any atom is -0.313 e. The highest BCUT2D eigenvalue weighted by atomic mass is 14.9. The van der Waals surface area contributed by atoms with Crippen LogP contribution in [-0.2, 0) is 0 Å². The maximum Gasteiger partial charge on any atom is 0.0934 e. The molecule has 0 saturated heterocycles. The van der Waals surface area contributed by atoms with Crippen LogP contribution in [0.25, 0.3) is 11.0 Å². The molecule has 0 aliphatic rings. The van der Waals surface area contributed by atoms with E-state index in [1.54, 1.807) is 12.4 Å². The van der Waals surface area contributed by atoms with Crippen molar-refractivity contribution in [2.45, 2.75) is 32.2 Å². The first-order valence-electron chi connectivity index (χ1n) is 6.23. The predicted molar refractivity (Wildman–Crippen MR) is 70.9 cm³/mol. The molecule has 0 radical (unpaired) electrons. The van der Waals surface area contributed by atoms with Crippen LogP contribution in [-0.4, -0.2) is 17.0 Å². The monoisotopic (exact) mass is 229 g/mol. The Labute approximate surface area is 102 Å². The second kappa shape index (κ2) is 5.73. The number of unbranched alkanes of at least 4 members (excludes halogenated alkanes) is 1. The molecule has 0 fully saturated rings. The SMILES string of the molecule is CCCCC(NC)c1cccc2nccnc12. The highest BCUT2D eigenvalue weighted by Crippen LogP contribution is 2.24. The summed E-state index contributed by atoms with van der Waals surface area (Å²) in [7, 11) is 2.01. The molecule has 1 aromatic carbocycles. The zero-order valence-electron chi connectivity index (χ0n) is 10.5. The molecular formula is C14H19N3. The molecule has 0 aliphatic carbocycles. The maximum atomic E-state index is 4.46. The Morgan fingerprint density at radius 3 is 2.82 bits per heavy atom. The molecule has 90 valence electrons. The van der Waals surface area contributed by atoms with Crippen LogP contribution in [0.1, 0.15) is 37.8 Å². The van der Waals surface area contributed by atoms with Gasteiger partial charge in [0.1, 0.15) is 0 Å². The van der Waals surface area contributed by atoms with Crippen molar-refractivity contribution in [2.75, 3.05) is 7.05 Å². The lowest BCUT2D eigenvalue weighted by Gasteiger charge is -2.17. The van der Waals surface area contributed by atoms with Crippen molar-refractivity contribution in [1.82, 2.24) is 15.3 Å². The largest absolute Gasteiger partial charge is 0.313 e. The number of hydrogen-bond acceptors (Lipinski definition) is 3. The van der Waals surface area contributed by atoms with Crippen LogP contribution in [0.5, 0.6) is 0 Å². The first-order valence-corrected chi connectivity index (χ1v) is 6.23. The number of hydrogen-bond donors (Lipinski definition) is 1. The van der Waals surface area contributed by atoms with E-state index >= 15 is 0 Å². The van der Waals surface area contributed by atoms with Crippen LogP contribution in [0.3, 0.4) is 0 Å². The molecule has 3 nitrogen and oxygen atoms in total. The molecule has 1 N–H and O–H groups in total. The fourth-order valence-electron chi connectivity index (χ4n) is 2.16. The normalized spacial score (nSPS) is 12.8. The van der Waals surface area contributed by atoms with E-state index < -0.39 is 0 Å². The van der Waals surface area contributed by atoms with Gasteiger partial charge in [0.25, 0.3) is 0 Å². The molecule has 1 atom stereocenters. The predicted octanol–water partition coefficient (Wildman–Crippen LogP) is 3.08. The van der Waals surface area contributed by atoms with Gasteiger partial charge in [-0.1, -0.05) is 31.9 Å². The molecule has 1 unspecified atom stereocenters. The smallest absolute Gasteiger partial charge is 0.0934 e. The van der Waals surface area contributed by atoms with Crippen LogP contribution in [0.15, 0.2) is 30.6 Å². The van der Waals surface area contributed by atoms with Crippen LogP contribution >= 0.6 is 0 Å². The van der Waals surface area contributed by atoms with Gasteiger partial charge < -0.3 is 5.32 Å². The molecule has 0 aliphatic heterocycles. The van der Waals surface area contributed by atoms with E-state index in [-0.39, 0.29) is 0 Å². The summed E-state index contributed by atoms with van der Waals surface area (Å²) in [5, 5.41) is 3.38. The number of nitrogens with zero attached hydrogens (tertiary/aromatic N) is 2. The van der Waals surface area contributed by atoms with Gasteiger partial charge in [-0.2, -0.15) is 0 Å². The van der Waals surface area contributed by atoms with Gasteiger partial charge in [-0.25, -0.2) is 0 Å². The Bertz CT molecular complexity index is 476. The van der Waals surface area contributed by atoms with Crippen molar-refractivity contribution in [3.05, 3.63) is 36.2 Å². The zero-order chi connectivity index (χ0) is 12.1. The molecule has 0 amide bonds. The summed E-state index contributed by atoms with van der Waals surface area (Å²) in [5.74, 6) is 0. The summed E-state index contributed by atoms with van der Waals surface area (Å²) in [6.45, 7) is 2.22. The van der Waals surface area contributed by atoms with E-state index in [0.29, 0.717) is 6.04 Å². The van der Waals surface area contributed by atoms with E-state index in [1.807, 2.05) is 13.1 Å². The molecule has 2 aromatic rings. The topological polar surface area (TPSA) is 37.8 Å². The Kier molecular flexibility index (Phi) is 4.04. The van der Waals surface area contributed by atoms with Crippen LogP contribution in [0, 0.1) is 0 Å². The maximum absolute atomic E-state index is 4.46. The van der Waals surface area contributed by atoms with Crippen LogP contribution in [0.4, 0.5) is 0 Å². The number of aromatic nitrogens is 2. The molecule has 1 heterocycles. The lowest BCUT2D eigenvalue weighted by atomic mass is 10.00.